The Hall–Kier alpha value is -2.10. The quantitative estimate of drug-likeness (QED) is 0.627. The predicted molar refractivity (Wildman–Crippen MR) is 87.7 cm³/mol. The van der Waals surface area contributed by atoms with Crippen LogP contribution in [0.5, 0.6) is 0 Å². The lowest BCUT2D eigenvalue weighted by Crippen LogP contribution is -2.49. The first-order valence-electron chi connectivity index (χ1n) is 8.39. The van der Waals surface area contributed by atoms with Gasteiger partial charge < -0.3 is 10.4 Å². The summed E-state index contributed by atoms with van der Waals surface area (Å²) in [5.74, 6) is -1.81. The number of aryl methyl sites for hydroxylation is 1. The van der Waals surface area contributed by atoms with Gasteiger partial charge in [0.05, 0.1) is 11.8 Å². The van der Waals surface area contributed by atoms with Crippen LogP contribution in [0.4, 0.5) is 0 Å². The molecule has 0 aliphatic heterocycles. The first kappa shape index (κ1) is 15.8. The summed E-state index contributed by atoms with van der Waals surface area (Å²) in [7, 11) is 0. The molecule has 0 unspecified atom stereocenters. The summed E-state index contributed by atoms with van der Waals surface area (Å²) in [4.78, 5) is 24.1. The number of amides is 1. The zero-order valence-electron chi connectivity index (χ0n) is 13.2. The van der Waals surface area contributed by atoms with E-state index in [9.17, 15) is 14.7 Å². The van der Waals surface area contributed by atoms with Crippen molar-refractivity contribution in [2.75, 3.05) is 6.54 Å². The van der Waals surface area contributed by atoms with E-state index in [4.69, 9.17) is 0 Å². The predicted octanol–water partition coefficient (Wildman–Crippen LogP) is 2.65. The zero-order valence-corrected chi connectivity index (χ0v) is 13.2. The van der Waals surface area contributed by atoms with E-state index in [2.05, 4.69) is 17.4 Å². The van der Waals surface area contributed by atoms with Gasteiger partial charge in [-0.15, -0.1) is 0 Å². The maximum Gasteiger partial charge on any atom is 0.307 e. The van der Waals surface area contributed by atoms with Gasteiger partial charge in [-0.2, -0.15) is 0 Å². The highest BCUT2D eigenvalue weighted by atomic mass is 16.4. The number of carboxylic acid groups (broad SMARTS) is 1. The van der Waals surface area contributed by atoms with Crippen molar-refractivity contribution in [3.8, 4) is 0 Å². The van der Waals surface area contributed by atoms with Crippen molar-refractivity contribution in [2.45, 2.75) is 25.7 Å². The van der Waals surface area contributed by atoms with E-state index in [0.29, 0.717) is 6.54 Å². The third-order valence-electron chi connectivity index (χ3n) is 5.12. The molecule has 0 aromatic heterocycles. The zero-order chi connectivity index (χ0) is 16.2. The summed E-state index contributed by atoms with van der Waals surface area (Å²) in [6, 6.07) is 10.2. The highest BCUT2D eigenvalue weighted by Crippen LogP contribution is 2.45. The summed E-state index contributed by atoms with van der Waals surface area (Å²) in [5.41, 5.74) is 1.25. The first-order valence-corrected chi connectivity index (χ1v) is 8.39. The van der Waals surface area contributed by atoms with Gasteiger partial charge in [0.25, 0.3) is 0 Å². The number of fused-ring (bicyclic) bond motifs is 2. The Morgan fingerprint density at radius 1 is 1.04 bits per heavy atom. The third-order valence-corrected chi connectivity index (χ3v) is 5.12. The fourth-order valence-electron chi connectivity index (χ4n) is 3.95. The van der Waals surface area contributed by atoms with Crippen molar-refractivity contribution in [2.24, 2.45) is 23.7 Å². The van der Waals surface area contributed by atoms with Gasteiger partial charge in [0.1, 0.15) is 0 Å². The molecule has 1 fully saturated rings. The summed E-state index contributed by atoms with van der Waals surface area (Å²) in [6.45, 7) is 0.595. The molecule has 1 aromatic carbocycles. The maximum atomic E-state index is 12.5. The Labute approximate surface area is 136 Å². The van der Waals surface area contributed by atoms with Crippen LogP contribution < -0.4 is 5.32 Å². The molecule has 3 aliphatic rings. The van der Waals surface area contributed by atoms with Crippen molar-refractivity contribution in [1.29, 1.82) is 0 Å². The van der Waals surface area contributed by atoms with Gasteiger partial charge >= 0.3 is 5.97 Å². The highest BCUT2D eigenvalue weighted by molar-refractivity contribution is 5.86. The number of carbonyl (C=O) groups is 2. The Balaban J connectivity index is 1.53. The number of hydrogen-bond donors (Lipinski definition) is 2. The van der Waals surface area contributed by atoms with Gasteiger partial charge in [-0.05, 0) is 43.1 Å². The van der Waals surface area contributed by atoms with Crippen LogP contribution in [0.15, 0.2) is 42.5 Å². The number of benzene rings is 1. The second-order valence-corrected chi connectivity index (χ2v) is 6.56. The molecule has 2 bridgehead atoms. The van der Waals surface area contributed by atoms with Crippen molar-refractivity contribution in [3.63, 3.8) is 0 Å². The van der Waals surface area contributed by atoms with Crippen molar-refractivity contribution in [1.82, 2.24) is 5.32 Å². The van der Waals surface area contributed by atoms with E-state index >= 15 is 0 Å². The lowest BCUT2D eigenvalue weighted by atomic mass is 9.62. The molecule has 4 rings (SSSR count). The van der Waals surface area contributed by atoms with Crippen molar-refractivity contribution < 1.29 is 14.7 Å². The van der Waals surface area contributed by atoms with Gasteiger partial charge in [0, 0.05) is 6.54 Å². The third kappa shape index (κ3) is 3.46. The van der Waals surface area contributed by atoms with Crippen LogP contribution in [0, 0.1) is 23.7 Å². The van der Waals surface area contributed by atoms with Gasteiger partial charge in [-0.3, -0.25) is 9.59 Å². The molecule has 3 aliphatic carbocycles. The monoisotopic (exact) mass is 313 g/mol. The molecule has 0 spiro atoms. The molecule has 0 radical (unpaired) electrons. The molecule has 1 saturated carbocycles. The van der Waals surface area contributed by atoms with E-state index in [0.717, 1.165) is 25.7 Å². The number of aliphatic carboxylic acids is 1. The Morgan fingerprint density at radius 3 is 2.30 bits per heavy atom. The normalized spacial score (nSPS) is 28.5. The molecule has 2 N–H and O–H groups in total. The molecule has 0 saturated heterocycles. The van der Waals surface area contributed by atoms with Crippen LogP contribution in [0.25, 0.3) is 0 Å². The average Bonchev–Trinajstić information content (AvgIpc) is 2.59. The minimum Gasteiger partial charge on any atom is -0.481 e. The SMILES string of the molecule is O=C(O)[C@@H]1[C@H](C(=O)NCCCc2ccccc2)[C@H]2C=C[C@H]1CC2. The molecule has 122 valence electrons. The number of nitrogens with one attached hydrogen (secondary N) is 1. The number of carbonyl (C=O) groups excluding carboxylic acids is 1. The number of allylic oxidation sites excluding steroid dienone is 2. The summed E-state index contributed by atoms with van der Waals surface area (Å²) < 4.78 is 0. The Kier molecular flexibility index (Phi) is 4.79. The minimum atomic E-state index is -0.839. The van der Waals surface area contributed by atoms with Crippen molar-refractivity contribution in [3.05, 3.63) is 48.0 Å². The van der Waals surface area contributed by atoms with Gasteiger partial charge in [0.15, 0.2) is 0 Å². The van der Waals surface area contributed by atoms with Gasteiger partial charge in [-0.1, -0.05) is 42.5 Å². The van der Waals surface area contributed by atoms with Gasteiger partial charge in [0.2, 0.25) is 5.91 Å². The van der Waals surface area contributed by atoms with Crippen LogP contribution in [-0.2, 0) is 16.0 Å². The number of rotatable bonds is 6. The van der Waals surface area contributed by atoms with E-state index < -0.39 is 17.8 Å². The maximum absolute atomic E-state index is 12.5. The second-order valence-electron chi connectivity index (χ2n) is 6.56. The molecule has 4 nitrogen and oxygen atoms in total. The molecule has 0 heterocycles. The fraction of sp³-hybridized carbons (Fsp3) is 0.474. The lowest BCUT2D eigenvalue weighted by molar-refractivity contribution is -0.152. The standard InChI is InChI=1S/C19H23NO3/c21-18(20-12-4-7-13-5-2-1-3-6-13)16-14-8-10-15(11-9-14)17(16)19(22)23/h1-3,5-6,8,10,14-17H,4,7,9,11-12H2,(H,20,21)(H,22,23)/t14-,15-,16+,17-/m0/s1. The van der Waals surface area contributed by atoms with E-state index in [1.54, 1.807) is 0 Å². The second kappa shape index (κ2) is 6.99. The van der Waals surface area contributed by atoms with Gasteiger partial charge in [-0.25, -0.2) is 0 Å². The van der Waals surface area contributed by atoms with E-state index in [1.807, 2.05) is 30.4 Å². The Morgan fingerprint density at radius 2 is 1.70 bits per heavy atom. The molecule has 23 heavy (non-hydrogen) atoms. The molecule has 4 atom stereocenters. The molecular formula is C19H23NO3. The number of carboxylic acids is 1. The lowest BCUT2D eigenvalue weighted by Gasteiger charge is -2.41. The molecule has 1 aromatic rings. The smallest absolute Gasteiger partial charge is 0.307 e. The topological polar surface area (TPSA) is 66.4 Å². The van der Waals surface area contributed by atoms with Crippen LogP contribution in [0.1, 0.15) is 24.8 Å². The average molecular weight is 313 g/mol. The van der Waals surface area contributed by atoms with E-state index in [-0.39, 0.29) is 17.7 Å². The summed E-state index contributed by atoms with van der Waals surface area (Å²) in [5, 5.41) is 12.4. The highest BCUT2D eigenvalue weighted by Gasteiger charge is 2.47. The minimum absolute atomic E-state index is 0.0116. The summed E-state index contributed by atoms with van der Waals surface area (Å²) >= 11 is 0. The van der Waals surface area contributed by atoms with Crippen LogP contribution in [0.2, 0.25) is 0 Å². The Bertz CT molecular complexity index is 596. The molecule has 4 heteroatoms. The first-order chi connectivity index (χ1) is 11.2. The number of hydrogen-bond acceptors (Lipinski definition) is 2. The fourth-order valence-corrected chi connectivity index (χ4v) is 3.95. The molecule has 1 amide bonds. The van der Waals surface area contributed by atoms with E-state index in [1.165, 1.54) is 5.56 Å². The summed E-state index contributed by atoms with van der Waals surface area (Å²) in [6.07, 6.45) is 7.63. The van der Waals surface area contributed by atoms with Crippen molar-refractivity contribution >= 4 is 11.9 Å². The van der Waals surface area contributed by atoms with Crippen LogP contribution >= 0.6 is 0 Å². The molecular weight excluding hydrogens is 290 g/mol. The largest absolute Gasteiger partial charge is 0.481 e. The van der Waals surface area contributed by atoms with Crippen LogP contribution in [-0.4, -0.2) is 23.5 Å². The van der Waals surface area contributed by atoms with Crippen LogP contribution in [0.3, 0.4) is 0 Å².